The molecule has 0 aromatic rings. The zero-order chi connectivity index (χ0) is 14.6. The van der Waals surface area contributed by atoms with E-state index in [0.29, 0.717) is 12.8 Å². The maximum atomic E-state index is 11.4. The van der Waals surface area contributed by atoms with Gasteiger partial charge < -0.3 is 16.2 Å². The summed E-state index contributed by atoms with van der Waals surface area (Å²) in [6.45, 7) is 1.48. The number of allylic oxidation sites excluding steroid dienone is 2. The van der Waals surface area contributed by atoms with E-state index in [1.165, 1.54) is 6.92 Å². The monoisotopic (exact) mass is 288 g/mol. The van der Waals surface area contributed by atoms with E-state index in [9.17, 15) is 14.4 Å². The summed E-state index contributed by atoms with van der Waals surface area (Å²) < 4.78 is 0. The first-order valence-corrected chi connectivity index (χ1v) is 6.38. The molecule has 0 aromatic carbocycles. The van der Waals surface area contributed by atoms with Gasteiger partial charge in [0, 0.05) is 6.42 Å². The lowest BCUT2D eigenvalue weighted by molar-refractivity contribution is -0.142. The van der Waals surface area contributed by atoms with E-state index < -0.39 is 24.0 Å². The van der Waals surface area contributed by atoms with Crippen molar-refractivity contribution in [1.82, 2.24) is 5.32 Å². The number of carbonyl (C=O) groups is 3. The number of nitrogens with two attached hydrogens (primary N) is 1. The zero-order valence-corrected chi connectivity index (χ0v) is 11.3. The average Bonchev–Trinajstić information content (AvgIpc) is 2.32. The third kappa shape index (κ3) is 4.65. The van der Waals surface area contributed by atoms with Crippen molar-refractivity contribution in [3.63, 3.8) is 0 Å². The Bertz CT molecular complexity index is 420. The van der Waals surface area contributed by atoms with E-state index in [1.807, 2.05) is 0 Å². The molecular formula is C12H17ClN2O4. The van der Waals surface area contributed by atoms with Crippen LogP contribution in [0.4, 0.5) is 0 Å². The van der Waals surface area contributed by atoms with Crippen LogP contribution in [0.3, 0.4) is 0 Å². The van der Waals surface area contributed by atoms with Crippen molar-refractivity contribution < 1.29 is 19.5 Å². The molecule has 4 N–H and O–H groups in total. The lowest BCUT2D eigenvalue weighted by atomic mass is 9.89. The summed E-state index contributed by atoms with van der Waals surface area (Å²) in [4.78, 5) is 33.7. The number of hydrogen-bond acceptors (Lipinski definition) is 4. The van der Waals surface area contributed by atoms with Crippen molar-refractivity contribution in [2.24, 2.45) is 11.7 Å². The summed E-state index contributed by atoms with van der Waals surface area (Å²) in [5, 5.41) is 11.6. The third-order valence-electron chi connectivity index (χ3n) is 2.96. The summed E-state index contributed by atoms with van der Waals surface area (Å²) in [5.74, 6) is -1.92. The Hall–Kier alpha value is -1.40. The summed E-state index contributed by atoms with van der Waals surface area (Å²) in [5.41, 5.74) is 5.38. The number of aliphatic carboxylic acids is 1. The molecule has 106 valence electrons. The van der Waals surface area contributed by atoms with E-state index in [4.69, 9.17) is 22.4 Å². The van der Waals surface area contributed by atoms with Crippen LogP contribution in [-0.4, -0.2) is 34.8 Å². The van der Waals surface area contributed by atoms with E-state index in [2.05, 4.69) is 5.32 Å². The molecule has 19 heavy (non-hydrogen) atoms. The maximum Gasteiger partial charge on any atom is 0.326 e. The number of carboxylic acid groups (broad SMARTS) is 1. The number of ketones is 1. The Labute approximate surface area is 116 Å². The van der Waals surface area contributed by atoms with Crippen LogP contribution >= 0.6 is 11.6 Å². The Morgan fingerprint density at radius 1 is 1.63 bits per heavy atom. The first-order valence-electron chi connectivity index (χ1n) is 6.00. The van der Waals surface area contributed by atoms with Crippen LogP contribution in [0.25, 0.3) is 0 Å². The summed E-state index contributed by atoms with van der Waals surface area (Å²) in [6, 6.07) is -1.80. The highest BCUT2D eigenvalue weighted by Gasteiger charge is 2.27. The standard InChI is InChI=1S/C12H17ClN2O4/c1-6(14)11(17)15-9(12(18)19)5-7-2-3-10(16)8(13)4-7/h4,6-7,9H,2-3,5,14H2,1H3,(H,15,17)(H,18,19)/t6-,7+,9-/m0/s1. The van der Waals surface area contributed by atoms with Gasteiger partial charge in [0.1, 0.15) is 6.04 Å². The number of carbonyl (C=O) groups excluding carboxylic acids is 2. The van der Waals surface area contributed by atoms with Crippen molar-refractivity contribution >= 4 is 29.3 Å². The average molecular weight is 289 g/mol. The van der Waals surface area contributed by atoms with Crippen molar-refractivity contribution in [3.8, 4) is 0 Å². The molecule has 0 spiro atoms. The molecule has 7 heteroatoms. The Morgan fingerprint density at radius 2 is 2.26 bits per heavy atom. The van der Waals surface area contributed by atoms with E-state index in [-0.39, 0.29) is 23.2 Å². The van der Waals surface area contributed by atoms with Gasteiger partial charge in [-0.2, -0.15) is 0 Å². The van der Waals surface area contributed by atoms with E-state index in [0.717, 1.165) is 0 Å². The molecule has 1 aliphatic rings. The fourth-order valence-electron chi connectivity index (χ4n) is 1.83. The predicted octanol–water partition coefficient (Wildman–Crippen LogP) is 0.395. The molecule has 0 saturated heterocycles. The highest BCUT2D eigenvalue weighted by atomic mass is 35.5. The molecule has 0 bridgehead atoms. The van der Waals surface area contributed by atoms with Crippen molar-refractivity contribution in [3.05, 3.63) is 11.1 Å². The second kappa shape index (κ2) is 6.68. The minimum atomic E-state index is -1.13. The van der Waals surface area contributed by atoms with Gasteiger partial charge >= 0.3 is 5.97 Å². The van der Waals surface area contributed by atoms with Gasteiger partial charge in [-0.25, -0.2) is 4.79 Å². The highest BCUT2D eigenvalue weighted by Crippen LogP contribution is 2.26. The molecule has 0 saturated carbocycles. The minimum Gasteiger partial charge on any atom is -0.480 e. The second-order valence-corrected chi connectivity index (χ2v) is 5.07. The summed E-state index contributed by atoms with van der Waals surface area (Å²) in [7, 11) is 0. The third-order valence-corrected chi connectivity index (χ3v) is 3.29. The highest BCUT2D eigenvalue weighted by molar-refractivity contribution is 6.42. The van der Waals surface area contributed by atoms with Crippen LogP contribution in [0.1, 0.15) is 26.2 Å². The fourth-order valence-corrected chi connectivity index (χ4v) is 2.11. The number of amides is 1. The molecule has 3 atom stereocenters. The van der Waals surface area contributed by atoms with Crippen molar-refractivity contribution in [2.45, 2.75) is 38.3 Å². The molecule has 1 aliphatic carbocycles. The topological polar surface area (TPSA) is 109 Å². The van der Waals surface area contributed by atoms with E-state index >= 15 is 0 Å². The minimum absolute atomic E-state index is 0.135. The van der Waals surface area contributed by atoms with Crippen LogP contribution in [-0.2, 0) is 14.4 Å². The van der Waals surface area contributed by atoms with Gasteiger partial charge in [-0.15, -0.1) is 0 Å². The Morgan fingerprint density at radius 3 is 2.74 bits per heavy atom. The number of nitrogens with one attached hydrogen (secondary N) is 1. The lowest BCUT2D eigenvalue weighted by Gasteiger charge is -2.22. The first kappa shape index (κ1) is 15.7. The van der Waals surface area contributed by atoms with Crippen LogP contribution < -0.4 is 11.1 Å². The van der Waals surface area contributed by atoms with Crippen molar-refractivity contribution in [2.75, 3.05) is 0 Å². The van der Waals surface area contributed by atoms with Gasteiger partial charge in [-0.05, 0) is 25.7 Å². The fraction of sp³-hybridized carbons (Fsp3) is 0.583. The van der Waals surface area contributed by atoms with Crippen LogP contribution in [0.2, 0.25) is 0 Å². The van der Waals surface area contributed by atoms with Gasteiger partial charge in [0.2, 0.25) is 5.91 Å². The molecular weight excluding hydrogens is 272 g/mol. The predicted molar refractivity (Wildman–Crippen MR) is 69.5 cm³/mol. The molecule has 0 aromatic heterocycles. The zero-order valence-electron chi connectivity index (χ0n) is 10.6. The summed E-state index contributed by atoms with van der Waals surface area (Å²) in [6.07, 6.45) is 2.58. The lowest BCUT2D eigenvalue weighted by Crippen LogP contribution is -2.48. The quantitative estimate of drug-likeness (QED) is 0.678. The molecule has 0 fully saturated rings. The molecule has 1 amide bonds. The number of rotatable bonds is 5. The largest absolute Gasteiger partial charge is 0.480 e. The SMILES string of the molecule is C[C@H](N)C(=O)N[C@@H](C[C@H]1C=C(Cl)C(=O)CC1)C(=O)O. The van der Waals surface area contributed by atoms with Gasteiger partial charge in [-0.1, -0.05) is 17.7 Å². The smallest absolute Gasteiger partial charge is 0.326 e. The normalized spacial score (nSPS) is 22.4. The second-order valence-electron chi connectivity index (χ2n) is 4.66. The molecule has 0 heterocycles. The number of Topliss-reactive ketones (excluding diaryl/α,β-unsaturated/α-hetero) is 1. The molecule has 1 rings (SSSR count). The van der Waals surface area contributed by atoms with Crippen molar-refractivity contribution in [1.29, 1.82) is 0 Å². The number of carboxylic acids is 1. The van der Waals surface area contributed by atoms with Crippen LogP contribution in [0.15, 0.2) is 11.1 Å². The van der Waals surface area contributed by atoms with Gasteiger partial charge in [0.05, 0.1) is 11.1 Å². The molecule has 0 radical (unpaired) electrons. The molecule has 0 unspecified atom stereocenters. The van der Waals surface area contributed by atoms with Crippen LogP contribution in [0, 0.1) is 5.92 Å². The number of hydrogen-bond donors (Lipinski definition) is 3. The van der Waals surface area contributed by atoms with Gasteiger partial charge in [-0.3, -0.25) is 9.59 Å². The maximum absolute atomic E-state index is 11.4. The Kier molecular flexibility index (Phi) is 5.50. The molecule has 6 nitrogen and oxygen atoms in total. The number of halogens is 1. The Balaban J connectivity index is 2.67. The van der Waals surface area contributed by atoms with Crippen LogP contribution in [0.5, 0.6) is 0 Å². The summed E-state index contributed by atoms with van der Waals surface area (Å²) >= 11 is 5.74. The van der Waals surface area contributed by atoms with Gasteiger partial charge in [0.15, 0.2) is 5.78 Å². The first-order chi connectivity index (χ1) is 8.81. The van der Waals surface area contributed by atoms with E-state index in [1.54, 1.807) is 6.08 Å². The van der Waals surface area contributed by atoms with Gasteiger partial charge in [0.25, 0.3) is 0 Å². The molecule has 0 aliphatic heterocycles.